The van der Waals surface area contributed by atoms with Crippen molar-refractivity contribution in [2.24, 2.45) is 0 Å². The topological polar surface area (TPSA) is 31.9 Å². The van der Waals surface area contributed by atoms with Crippen LogP contribution in [0.2, 0.25) is 0 Å². The second-order valence-corrected chi connectivity index (χ2v) is 5.41. The fraction of sp³-hybridized carbons (Fsp3) is 0.769. The molecule has 1 aromatic heterocycles. The summed E-state index contributed by atoms with van der Waals surface area (Å²) >= 11 is 0. The monoisotopic (exact) mass is 237 g/mol. The van der Waals surface area contributed by atoms with E-state index in [1.54, 1.807) is 0 Å². The summed E-state index contributed by atoms with van der Waals surface area (Å²) in [5, 5.41) is 7.51. The molecule has 1 fully saturated rings. The van der Waals surface area contributed by atoms with Crippen molar-refractivity contribution >= 4 is 0 Å². The van der Waals surface area contributed by atoms with E-state index in [2.05, 4.69) is 15.1 Å². The van der Waals surface area contributed by atoms with Crippen molar-refractivity contribution in [2.45, 2.75) is 57.3 Å². The minimum absolute atomic E-state index is 0.101. The molecule has 0 aliphatic heterocycles. The van der Waals surface area contributed by atoms with Crippen LogP contribution in [-0.4, -0.2) is 34.4 Å². The number of aromatic amines is 1. The van der Waals surface area contributed by atoms with Gasteiger partial charge in [-0.05, 0) is 51.1 Å². The molecule has 2 unspecified atom stereocenters. The van der Waals surface area contributed by atoms with Gasteiger partial charge in [0.05, 0.1) is 5.69 Å². The van der Waals surface area contributed by atoms with Gasteiger partial charge < -0.3 is 0 Å². The van der Waals surface area contributed by atoms with Gasteiger partial charge >= 0.3 is 0 Å². The van der Waals surface area contributed by atoms with Crippen LogP contribution in [0.5, 0.6) is 0 Å². The Hall–Kier alpha value is -0.900. The molecule has 2 aliphatic rings. The third-order valence-corrected chi connectivity index (χ3v) is 4.25. The van der Waals surface area contributed by atoms with E-state index in [0.717, 1.165) is 44.3 Å². The third kappa shape index (κ3) is 1.99. The van der Waals surface area contributed by atoms with Crippen molar-refractivity contribution in [3.63, 3.8) is 0 Å². The molecule has 1 aromatic rings. The Bertz CT molecular complexity index is 401. The predicted octanol–water partition coefficient (Wildman–Crippen LogP) is 2.22. The number of halogens is 1. The molecule has 1 heterocycles. The maximum Gasteiger partial charge on any atom is 0.116 e. The molecule has 1 saturated carbocycles. The molecule has 0 saturated heterocycles. The van der Waals surface area contributed by atoms with E-state index in [0.29, 0.717) is 0 Å². The summed E-state index contributed by atoms with van der Waals surface area (Å²) in [5.74, 6) is 0. The molecule has 0 spiro atoms. The zero-order valence-electron chi connectivity index (χ0n) is 10.4. The Morgan fingerprint density at radius 1 is 1.35 bits per heavy atom. The van der Waals surface area contributed by atoms with Crippen molar-refractivity contribution in [1.29, 1.82) is 0 Å². The molecule has 0 bridgehead atoms. The number of rotatable bonds is 3. The quantitative estimate of drug-likeness (QED) is 0.874. The molecule has 3 nitrogen and oxygen atoms in total. The minimum atomic E-state index is -0.646. The fourth-order valence-electron chi connectivity index (χ4n) is 3.26. The first-order chi connectivity index (χ1) is 8.25. The predicted molar refractivity (Wildman–Crippen MR) is 64.6 cm³/mol. The zero-order valence-corrected chi connectivity index (χ0v) is 10.4. The number of fused-ring (bicyclic) bond motifs is 1. The summed E-state index contributed by atoms with van der Waals surface area (Å²) in [6, 6.07) is 0.101. The Morgan fingerprint density at radius 3 is 3.00 bits per heavy atom. The maximum absolute atomic E-state index is 13.7. The minimum Gasteiger partial charge on any atom is -0.295 e. The highest BCUT2D eigenvalue weighted by atomic mass is 19.1. The lowest BCUT2D eigenvalue weighted by Crippen LogP contribution is -2.35. The van der Waals surface area contributed by atoms with Crippen molar-refractivity contribution in [1.82, 2.24) is 15.1 Å². The van der Waals surface area contributed by atoms with Gasteiger partial charge in [0.1, 0.15) is 6.17 Å². The van der Waals surface area contributed by atoms with Gasteiger partial charge in [-0.3, -0.25) is 10.00 Å². The fourth-order valence-corrected chi connectivity index (χ4v) is 3.26. The zero-order chi connectivity index (χ0) is 11.8. The van der Waals surface area contributed by atoms with Crippen LogP contribution >= 0.6 is 0 Å². The second kappa shape index (κ2) is 4.41. The van der Waals surface area contributed by atoms with Gasteiger partial charge in [-0.15, -0.1) is 0 Å². The van der Waals surface area contributed by atoms with Gasteiger partial charge in [-0.25, -0.2) is 4.39 Å². The number of aryl methyl sites for hydroxylation is 1. The van der Waals surface area contributed by atoms with Crippen LogP contribution in [0.4, 0.5) is 4.39 Å². The lowest BCUT2D eigenvalue weighted by atomic mass is 10.1. The first-order valence-corrected chi connectivity index (χ1v) is 6.65. The van der Waals surface area contributed by atoms with Crippen LogP contribution in [-0.2, 0) is 19.4 Å². The van der Waals surface area contributed by atoms with Crippen molar-refractivity contribution in [3.8, 4) is 0 Å². The number of alkyl halides is 1. The third-order valence-electron chi connectivity index (χ3n) is 4.25. The number of aromatic nitrogens is 2. The Kier molecular flexibility index (Phi) is 2.90. The number of H-pyrrole nitrogens is 1. The van der Waals surface area contributed by atoms with Crippen molar-refractivity contribution in [2.75, 3.05) is 7.05 Å². The summed E-state index contributed by atoms with van der Waals surface area (Å²) in [6.07, 6.45) is 5.59. The summed E-state index contributed by atoms with van der Waals surface area (Å²) in [6.45, 7) is 0.789. The molecule has 94 valence electrons. The summed E-state index contributed by atoms with van der Waals surface area (Å²) in [4.78, 5) is 2.15. The van der Waals surface area contributed by atoms with Crippen LogP contribution in [0.1, 0.15) is 42.6 Å². The van der Waals surface area contributed by atoms with E-state index < -0.39 is 6.17 Å². The normalized spacial score (nSPS) is 27.9. The van der Waals surface area contributed by atoms with Crippen LogP contribution in [0.3, 0.4) is 0 Å². The lowest BCUT2D eigenvalue weighted by Gasteiger charge is -2.25. The molecule has 1 N–H and O–H groups in total. The van der Waals surface area contributed by atoms with Gasteiger partial charge in [-0.1, -0.05) is 0 Å². The number of hydrogen-bond donors (Lipinski definition) is 1. The Balaban J connectivity index is 1.70. The van der Waals surface area contributed by atoms with Crippen molar-refractivity contribution in [3.05, 3.63) is 17.0 Å². The van der Waals surface area contributed by atoms with Crippen LogP contribution in [0, 0.1) is 0 Å². The first-order valence-electron chi connectivity index (χ1n) is 6.65. The Labute approximate surface area is 101 Å². The second-order valence-electron chi connectivity index (χ2n) is 5.41. The first kappa shape index (κ1) is 11.2. The standard InChI is InChI=1S/C13H20FN3/c1-17(13-7-3-5-10(13)14)8-12-9-4-2-6-11(9)15-16-12/h10,13H,2-8H2,1H3,(H,15,16). The van der Waals surface area contributed by atoms with E-state index in [4.69, 9.17) is 0 Å². The van der Waals surface area contributed by atoms with Crippen LogP contribution in [0.15, 0.2) is 0 Å². The molecule has 4 heteroatoms. The maximum atomic E-state index is 13.7. The molecule has 17 heavy (non-hydrogen) atoms. The SMILES string of the molecule is CN(Cc1n[nH]c2c1CCC2)C1CCCC1F. The lowest BCUT2D eigenvalue weighted by molar-refractivity contribution is 0.152. The number of nitrogens with one attached hydrogen (secondary N) is 1. The summed E-state index contributed by atoms with van der Waals surface area (Å²) in [7, 11) is 2.03. The van der Waals surface area contributed by atoms with E-state index >= 15 is 0 Å². The Morgan fingerprint density at radius 2 is 2.24 bits per heavy atom. The van der Waals surface area contributed by atoms with Gasteiger partial charge in [0.25, 0.3) is 0 Å². The van der Waals surface area contributed by atoms with Crippen LogP contribution < -0.4 is 0 Å². The molecule has 2 aliphatic carbocycles. The smallest absolute Gasteiger partial charge is 0.116 e. The highest BCUT2D eigenvalue weighted by Gasteiger charge is 2.31. The number of hydrogen-bond acceptors (Lipinski definition) is 2. The molecular weight excluding hydrogens is 217 g/mol. The van der Waals surface area contributed by atoms with E-state index in [1.165, 1.54) is 17.7 Å². The molecule has 3 rings (SSSR count). The van der Waals surface area contributed by atoms with Gasteiger partial charge in [0.2, 0.25) is 0 Å². The average Bonchev–Trinajstić information content (AvgIpc) is 2.96. The summed E-state index contributed by atoms with van der Waals surface area (Å²) < 4.78 is 13.7. The average molecular weight is 237 g/mol. The highest BCUT2D eigenvalue weighted by molar-refractivity contribution is 5.29. The molecule has 0 amide bonds. The van der Waals surface area contributed by atoms with Gasteiger partial charge in [-0.2, -0.15) is 5.10 Å². The molecular formula is C13H20FN3. The highest BCUT2D eigenvalue weighted by Crippen LogP contribution is 2.28. The van der Waals surface area contributed by atoms with E-state index in [1.807, 2.05) is 7.05 Å². The summed E-state index contributed by atoms with van der Waals surface area (Å²) in [5.41, 5.74) is 3.83. The molecule has 2 atom stereocenters. The number of nitrogens with zero attached hydrogens (tertiary/aromatic N) is 2. The van der Waals surface area contributed by atoms with Gasteiger partial charge in [0, 0.05) is 18.3 Å². The van der Waals surface area contributed by atoms with E-state index in [-0.39, 0.29) is 6.04 Å². The molecule has 0 radical (unpaired) electrons. The van der Waals surface area contributed by atoms with Crippen LogP contribution in [0.25, 0.3) is 0 Å². The van der Waals surface area contributed by atoms with Gasteiger partial charge in [0.15, 0.2) is 0 Å². The van der Waals surface area contributed by atoms with E-state index in [9.17, 15) is 4.39 Å². The van der Waals surface area contributed by atoms with Crippen molar-refractivity contribution < 1.29 is 4.39 Å². The molecule has 0 aromatic carbocycles. The largest absolute Gasteiger partial charge is 0.295 e.